The Morgan fingerprint density at radius 1 is 1.60 bits per heavy atom. The Bertz CT molecular complexity index is 602. The third-order valence-corrected chi connectivity index (χ3v) is 2.74. The number of hydrogen-bond donors (Lipinski definition) is 2. The highest BCUT2D eigenvalue weighted by molar-refractivity contribution is 5.94. The molecular formula is C11H12N6O3. The van der Waals surface area contributed by atoms with Crippen molar-refractivity contribution in [3.63, 3.8) is 0 Å². The zero-order valence-electron chi connectivity index (χ0n) is 10.6. The van der Waals surface area contributed by atoms with Crippen LogP contribution in [0.3, 0.4) is 0 Å². The molecule has 1 aromatic carbocycles. The van der Waals surface area contributed by atoms with Gasteiger partial charge in [0.1, 0.15) is 0 Å². The van der Waals surface area contributed by atoms with Crippen LogP contribution in [0.15, 0.2) is 33.5 Å². The number of aromatic hydroxyl groups is 1. The van der Waals surface area contributed by atoms with Gasteiger partial charge in [0.25, 0.3) is 5.91 Å². The second-order valence-corrected chi connectivity index (χ2v) is 4.14. The molecule has 0 radical (unpaired) electrons. The lowest BCUT2D eigenvalue weighted by atomic mass is 10.1. The maximum Gasteiger partial charge on any atom is 0.251 e. The first-order chi connectivity index (χ1) is 9.60. The summed E-state index contributed by atoms with van der Waals surface area (Å²) in [5.74, 6) is -0.195. The Morgan fingerprint density at radius 2 is 2.35 bits per heavy atom. The van der Waals surface area contributed by atoms with Gasteiger partial charge < -0.3 is 15.2 Å². The number of ether oxygens (including phenoxy) is 1. The fourth-order valence-corrected chi connectivity index (χ4v) is 1.55. The van der Waals surface area contributed by atoms with Crippen LogP contribution >= 0.6 is 0 Å². The highest BCUT2D eigenvalue weighted by Gasteiger charge is 2.39. The number of azide groups is 1. The molecule has 1 aliphatic heterocycles. The molecule has 0 unspecified atom stereocenters. The maximum atomic E-state index is 11.9. The van der Waals surface area contributed by atoms with Gasteiger partial charge in [0, 0.05) is 10.5 Å². The van der Waals surface area contributed by atoms with Crippen molar-refractivity contribution >= 4 is 5.91 Å². The van der Waals surface area contributed by atoms with Gasteiger partial charge in [-0.1, -0.05) is 5.11 Å². The highest BCUT2D eigenvalue weighted by atomic mass is 16.5. The summed E-state index contributed by atoms with van der Waals surface area (Å²) in [6, 6.07) is 4.26. The van der Waals surface area contributed by atoms with E-state index in [1.54, 1.807) is 0 Å². The van der Waals surface area contributed by atoms with E-state index in [0.29, 0.717) is 5.56 Å². The summed E-state index contributed by atoms with van der Waals surface area (Å²) < 4.78 is 4.92. The average Bonchev–Trinajstić information content (AvgIpc) is 3.23. The number of phenolic OH excluding ortho intramolecular Hbond substituents is 1. The van der Waals surface area contributed by atoms with Crippen LogP contribution in [-0.4, -0.2) is 36.9 Å². The summed E-state index contributed by atoms with van der Waals surface area (Å²) in [6.07, 6.45) is 0. The Morgan fingerprint density at radius 3 is 2.95 bits per heavy atom. The van der Waals surface area contributed by atoms with Crippen molar-refractivity contribution < 1.29 is 14.6 Å². The molecule has 104 valence electrons. The molecule has 9 heteroatoms. The largest absolute Gasteiger partial charge is 0.504 e. The zero-order valence-corrected chi connectivity index (χ0v) is 10.6. The van der Waals surface area contributed by atoms with Crippen LogP contribution in [-0.2, 0) is 0 Å². The van der Waals surface area contributed by atoms with Crippen LogP contribution in [0.25, 0.3) is 10.4 Å². The van der Waals surface area contributed by atoms with Crippen molar-refractivity contribution in [3.8, 4) is 11.5 Å². The van der Waals surface area contributed by atoms with Crippen LogP contribution in [0.5, 0.6) is 11.5 Å². The monoisotopic (exact) mass is 276 g/mol. The summed E-state index contributed by atoms with van der Waals surface area (Å²) in [5, 5.41) is 23.0. The second kappa shape index (κ2) is 5.45. The minimum absolute atomic E-state index is 0.0453. The zero-order chi connectivity index (χ0) is 14.6. The van der Waals surface area contributed by atoms with E-state index >= 15 is 0 Å². The number of carbonyl (C=O) groups excluding carboxylic acids is 1. The molecule has 1 heterocycles. The number of nitrogens with one attached hydrogen (secondary N) is 1. The summed E-state index contributed by atoms with van der Waals surface area (Å²) in [6.45, 7) is 0.219. The van der Waals surface area contributed by atoms with Crippen molar-refractivity contribution in [3.05, 3.63) is 34.2 Å². The lowest BCUT2D eigenvalue weighted by Crippen LogP contribution is -2.36. The SMILES string of the molecule is COc1cc(C(=O)NCC2(CN=[N+]=[N-])N=N2)ccc1O. The Labute approximate surface area is 113 Å². The smallest absolute Gasteiger partial charge is 0.251 e. The van der Waals surface area contributed by atoms with E-state index in [1.165, 1.54) is 25.3 Å². The number of nitrogens with zero attached hydrogens (tertiary/aromatic N) is 5. The van der Waals surface area contributed by atoms with E-state index in [4.69, 9.17) is 10.3 Å². The lowest BCUT2D eigenvalue weighted by molar-refractivity contribution is 0.0949. The highest BCUT2D eigenvalue weighted by Crippen LogP contribution is 2.28. The van der Waals surface area contributed by atoms with Gasteiger partial charge in [0.05, 0.1) is 20.2 Å². The molecule has 0 spiro atoms. The van der Waals surface area contributed by atoms with Gasteiger partial charge in [-0.2, -0.15) is 10.2 Å². The first-order valence-corrected chi connectivity index (χ1v) is 5.70. The van der Waals surface area contributed by atoms with E-state index < -0.39 is 5.66 Å². The predicted molar refractivity (Wildman–Crippen MR) is 68.6 cm³/mol. The summed E-state index contributed by atoms with van der Waals surface area (Å²) >= 11 is 0. The molecule has 9 nitrogen and oxygen atoms in total. The molecule has 0 fully saturated rings. The van der Waals surface area contributed by atoms with Gasteiger partial charge in [-0.15, -0.1) is 0 Å². The molecule has 0 bridgehead atoms. The number of rotatable bonds is 6. The topological polar surface area (TPSA) is 132 Å². The maximum absolute atomic E-state index is 11.9. The molecular weight excluding hydrogens is 264 g/mol. The molecule has 0 atom stereocenters. The van der Waals surface area contributed by atoms with Crippen molar-refractivity contribution in [2.75, 3.05) is 20.2 Å². The van der Waals surface area contributed by atoms with Crippen LogP contribution < -0.4 is 10.1 Å². The fraction of sp³-hybridized carbons (Fsp3) is 0.364. The number of hydrogen-bond acceptors (Lipinski definition) is 6. The van der Waals surface area contributed by atoms with Crippen LogP contribution in [0.1, 0.15) is 10.4 Å². The molecule has 0 aliphatic carbocycles. The van der Waals surface area contributed by atoms with Crippen LogP contribution in [0.2, 0.25) is 0 Å². The van der Waals surface area contributed by atoms with E-state index in [2.05, 4.69) is 25.6 Å². The van der Waals surface area contributed by atoms with Crippen LogP contribution in [0.4, 0.5) is 0 Å². The lowest BCUT2D eigenvalue weighted by Gasteiger charge is -2.10. The molecule has 2 rings (SSSR count). The van der Waals surface area contributed by atoms with Gasteiger partial charge in [0.2, 0.25) is 5.66 Å². The first-order valence-electron chi connectivity index (χ1n) is 5.70. The average molecular weight is 276 g/mol. The second-order valence-electron chi connectivity index (χ2n) is 4.14. The van der Waals surface area contributed by atoms with Gasteiger partial charge >= 0.3 is 0 Å². The van der Waals surface area contributed by atoms with Crippen molar-refractivity contribution in [1.82, 2.24) is 5.32 Å². The van der Waals surface area contributed by atoms with E-state index in [0.717, 1.165) is 0 Å². The Balaban J connectivity index is 1.97. The minimum Gasteiger partial charge on any atom is -0.504 e. The molecule has 0 aromatic heterocycles. The van der Waals surface area contributed by atoms with E-state index in [1.807, 2.05) is 0 Å². The van der Waals surface area contributed by atoms with E-state index in [-0.39, 0.29) is 30.5 Å². The Kier molecular flexibility index (Phi) is 3.72. The van der Waals surface area contributed by atoms with Crippen molar-refractivity contribution in [1.29, 1.82) is 0 Å². The van der Waals surface area contributed by atoms with Gasteiger partial charge in [-0.3, -0.25) is 4.79 Å². The number of carbonyl (C=O) groups is 1. The van der Waals surface area contributed by atoms with E-state index in [9.17, 15) is 9.90 Å². The number of benzene rings is 1. The first kappa shape index (κ1) is 13.6. The Hall–Kier alpha value is -2.80. The normalized spacial score (nSPS) is 14.2. The van der Waals surface area contributed by atoms with Gasteiger partial charge in [-0.25, -0.2) is 0 Å². The summed E-state index contributed by atoms with van der Waals surface area (Å²) in [5.41, 5.74) is 7.75. The third-order valence-electron chi connectivity index (χ3n) is 2.74. The molecule has 1 aliphatic rings. The van der Waals surface area contributed by atoms with Gasteiger partial charge in [0.15, 0.2) is 11.5 Å². The third kappa shape index (κ3) is 2.96. The number of amides is 1. The van der Waals surface area contributed by atoms with Crippen LogP contribution in [0, 0.1) is 0 Å². The summed E-state index contributed by atoms with van der Waals surface area (Å²) in [7, 11) is 1.40. The molecule has 20 heavy (non-hydrogen) atoms. The molecule has 2 N–H and O–H groups in total. The minimum atomic E-state index is -0.830. The number of methoxy groups -OCH3 is 1. The quantitative estimate of drug-likeness (QED) is 0.464. The number of phenols is 1. The molecule has 0 saturated heterocycles. The van der Waals surface area contributed by atoms with Crippen molar-refractivity contribution in [2.24, 2.45) is 15.3 Å². The van der Waals surface area contributed by atoms with Crippen molar-refractivity contribution in [2.45, 2.75) is 5.66 Å². The molecule has 1 aromatic rings. The molecule has 1 amide bonds. The molecule has 0 saturated carbocycles. The summed E-state index contributed by atoms with van der Waals surface area (Å²) in [4.78, 5) is 14.6. The van der Waals surface area contributed by atoms with Gasteiger partial charge in [-0.05, 0) is 23.7 Å². The fourth-order valence-electron chi connectivity index (χ4n) is 1.55. The standard InChI is InChI=1S/C11H12N6O3/c1-20-9-4-7(2-3-8(9)18)10(19)13-5-11(15-16-11)6-14-17-12/h2-4,18H,5-6H2,1H3,(H,13,19). The predicted octanol–water partition coefficient (Wildman–Crippen LogP) is 1.60.